The number of fused-ring (bicyclic) bond motifs is 1. The van der Waals surface area contributed by atoms with E-state index in [1.807, 2.05) is 30.1 Å². The highest BCUT2D eigenvalue weighted by molar-refractivity contribution is 7.99. The lowest BCUT2D eigenvalue weighted by atomic mass is 10.2. The number of rotatable bonds is 7. The molecule has 10 nitrogen and oxygen atoms in total. The zero-order valence-corrected chi connectivity index (χ0v) is 20.2. The van der Waals surface area contributed by atoms with E-state index in [1.165, 1.54) is 17.4 Å². The van der Waals surface area contributed by atoms with Crippen molar-refractivity contribution in [3.63, 3.8) is 0 Å². The minimum atomic E-state index is -0.245. The molecule has 11 heteroatoms. The number of hydrogen-bond acceptors (Lipinski definition) is 8. The van der Waals surface area contributed by atoms with E-state index in [0.29, 0.717) is 46.9 Å². The maximum absolute atomic E-state index is 12.7. The predicted octanol–water partition coefficient (Wildman–Crippen LogP) is 1.91. The number of nitrogens with zero attached hydrogens (tertiary/aromatic N) is 5. The number of benzene rings is 2. The Morgan fingerprint density at radius 3 is 2.57 bits per heavy atom. The summed E-state index contributed by atoms with van der Waals surface area (Å²) in [6.07, 6.45) is 0. The molecule has 3 aromatic rings. The van der Waals surface area contributed by atoms with Gasteiger partial charge >= 0.3 is 0 Å². The van der Waals surface area contributed by atoms with Crippen LogP contribution in [0.25, 0.3) is 0 Å². The number of hydrogen-bond donors (Lipinski definition) is 1. The molecule has 0 atom stereocenters. The molecule has 5 rings (SSSR count). The van der Waals surface area contributed by atoms with Gasteiger partial charge in [-0.1, -0.05) is 30.0 Å². The zero-order valence-electron chi connectivity index (χ0n) is 19.3. The minimum Gasteiger partial charge on any atom is -0.454 e. The summed E-state index contributed by atoms with van der Waals surface area (Å²) >= 11 is 1.35. The maximum Gasteiger partial charge on any atom is 0.251 e. The topological polar surface area (TPSA) is 102 Å². The van der Waals surface area contributed by atoms with Crippen LogP contribution in [0.1, 0.15) is 16.2 Å². The molecular weight excluding hydrogens is 468 g/mol. The lowest BCUT2D eigenvalue weighted by molar-refractivity contribution is -0.128. The number of aromatic nitrogens is 3. The second-order valence-electron chi connectivity index (χ2n) is 8.20. The Morgan fingerprint density at radius 1 is 1.00 bits per heavy atom. The number of ether oxygens (including phenoxy) is 2. The normalized spacial score (nSPS) is 14.8. The fraction of sp³-hybridized carbons (Fsp3) is 0.333. The minimum absolute atomic E-state index is 0.0865. The van der Waals surface area contributed by atoms with Crippen LogP contribution in [0.5, 0.6) is 11.5 Å². The Labute approximate surface area is 207 Å². The van der Waals surface area contributed by atoms with Crippen LogP contribution in [0.15, 0.2) is 53.7 Å². The summed E-state index contributed by atoms with van der Waals surface area (Å²) in [5.74, 6) is 1.92. The molecule has 182 valence electrons. The van der Waals surface area contributed by atoms with Crippen molar-refractivity contribution in [1.82, 2.24) is 25.0 Å². The van der Waals surface area contributed by atoms with Crippen molar-refractivity contribution in [2.75, 3.05) is 43.6 Å². The largest absolute Gasteiger partial charge is 0.454 e. The van der Waals surface area contributed by atoms with Crippen molar-refractivity contribution < 1.29 is 19.1 Å². The molecule has 2 aromatic carbocycles. The number of piperazine rings is 1. The number of carbonyl (C=O) groups is 2. The molecule has 0 unspecified atom stereocenters. The molecule has 0 bridgehead atoms. The first-order valence-corrected chi connectivity index (χ1v) is 12.3. The molecule has 1 fully saturated rings. The van der Waals surface area contributed by atoms with Crippen molar-refractivity contribution in [2.24, 2.45) is 7.05 Å². The number of carbonyl (C=O) groups excluding carboxylic acids is 2. The fourth-order valence-corrected chi connectivity index (χ4v) is 4.83. The van der Waals surface area contributed by atoms with Crippen molar-refractivity contribution >= 4 is 29.3 Å². The second kappa shape index (κ2) is 10.3. The first-order chi connectivity index (χ1) is 17.1. The van der Waals surface area contributed by atoms with Crippen LogP contribution in [0, 0.1) is 0 Å². The summed E-state index contributed by atoms with van der Waals surface area (Å²) in [5, 5.41) is 11.8. The van der Waals surface area contributed by atoms with Crippen LogP contribution in [-0.2, 0) is 18.4 Å². The van der Waals surface area contributed by atoms with E-state index >= 15 is 0 Å². The summed E-state index contributed by atoms with van der Waals surface area (Å²) in [7, 11) is 1.83. The van der Waals surface area contributed by atoms with E-state index in [9.17, 15) is 9.59 Å². The average molecular weight is 495 g/mol. The number of thioether (sulfide) groups is 1. The fourth-order valence-electron chi connectivity index (χ4n) is 3.99. The van der Waals surface area contributed by atoms with Gasteiger partial charge in [-0.3, -0.25) is 9.59 Å². The highest BCUT2D eigenvalue weighted by Crippen LogP contribution is 2.32. The van der Waals surface area contributed by atoms with Crippen LogP contribution < -0.4 is 19.7 Å². The van der Waals surface area contributed by atoms with Gasteiger partial charge in [-0.25, -0.2) is 0 Å². The molecule has 0 saturated carbocycles. The first-order valence-electron chi connectivity index (χ1n) is 11.3. The van der Waals surface area contributed by atoms with Gasteiger partial charge in [0.25, 0.3) is 5.91 Å². The Hall–Kier alpha value is -3.73. The Bertz CT molecular complexity index is 1210. The van der Waals surface area contributed by atoms with Gasteiger partial charge in [0.15, 0.2) is 22.5 Å². The van der Waals surface area contributed by atoms with Crippen molar-refractivity contribution in [3.05, 3.63) is 59.9 Å². The molecular formula is C24H26N6O4S. The lowest BCUT2D eigenvalue weighted by Crippen LogP contribution is -2.49. The van der Waals surface area contributed by atoms with E-state index in [-0.39, 0.29) is 25.2 Å². The maximum atomic E-state index is 12.7. The van der Waals surface area contributed by atoms with Crippen LogP contribution >= 0.6 is 11.8 Å². The quantitative estimate of drug-likeness (QED) is 0.497. The van der Waals surface area contributed by atoms with E-state index < -0.39 is 0 Å². The second-order valence-corrected chi connectivity index (χ2v) is 9.14. The summed E-state index contributed by atoms with van der Waals surface area (Å²) in [4.78, 5) is 29.4. The van der Waals surface area contributed by atoms with E-state index in [4.69, 9.17) is 9.47 Å². The molecule has 2 aliphatic rings. The molecule has 0 aliphatic carbocycles. The van der Waals surface area contributed by atoms with Gasteiger partial charge in [-0.2, -0.15) is 0 Å². The SMILES string of the molecule is Cn1c(CNC(=O)c2ccc3c(c2)OCO3)nnc1SCC(=O)N1CCN(c2ccccc2)CC1. The smallest absolute Gasteiger partial charge is 0.251 e. The molecule has 0 spiro atoms. The number of para-hydroxylation sites is 1. The molecule has 2 amide bonds. The Balaban J connectivity index is 1.09. The summed E-state index contributed by atoms with van der Waals surface area (Å²) in [6.45, 7) is 3.41. The number of amides is 2. The first kappa shape index (κ1) is 23.0. The highest BCUT2D eigenvalue weighted by Gasteiger charge is 2.22. The van der Waals surface area contributed by atoms with Crippen molar-refractivity contribution in [2.45, 2.75) is 11.7 Å². The molecule has 1 saturated heterocycles. The number of anilines is 1. The summed E-state index contributed by atoms with van der Waals surface area (Å²) < 4.78 is 12.4. The zero-order chi connectivity index (χ0) is 24.2. The van der Waals surface area contributed by atoms with E-state index in [0.717, 1.165) is 13.1 Å². The molecule has 35 heavy (non-hydrogen) atoms. The molecule has 2 aliphatic heterocycles. The lowest BCUT2D eigenvalue weighted by Gasteiger charge is -2.36. The van der Waals surface area contributed by atoms with Gasteiger partial charge in [0.05, 0.1) is 12.3 Å². The van der Waals surface area contributed by atoms with Gasteiger partial charge < -0.3 is 29.2 Å². The van der Waals surface area contributed by atoms with Crippen LogP contribution in [0.4, 0.5) is 5.69 Å². The van der Waals surface area contributed by atoms with Crippen molar-refractivity contribution in [1.29, 1.82) is 0 Å². The summed E-state index contributed by atoms with van der Waals surface area (Å²) in [6, 6.07) is 15.3. The monoisotopic (exact) mass is 494 g/mol. The molecule has 1 N–H and O–H groups in total. The summed E-state index contributed by atoms with van der Waals surface area (Å²) in [5.41, 5.74) is 1.66. The standard InChI is InChI=1S/C24H26N6O4S/c1-28-21(14-25-23(32)17-7-8-19-20(13-17)34-16-33-19)26-27-24(28)35-15-22(31)30-11-9-29(10-12-30)18-5-3-2-4-6-18/h2-8,13H,9-12,14-16H2,1H3,(H,25,32). The van der Waals surface area contributed by atoms with Gasteiger partial charge in [-0.15, -0.1) is 10.2 Å². The van der Waals surface area contributed by atoms with Crippen LogP contribution in [0.2, 0.25) is 0 Å². The van der Waals surface area contributed by atoms with Gasteiger partial charge in [0, 0.05) is 44.5 Å². The third kappa shape index (κ3) is 5.19. The molecule has 1 aromatic heterocycles. The highest BCUT2D eigenvalue weighted by atomic mass is 32.2. The van der Waals surface area contributed by atoms with Crippen LogP contribution in [0.3, 0.4) is 0 Å². The Morgan fingerprint density at radius 2 is 1.77 bits per heavy atom. The van der Waals surface area contributed by atoms with Gasteiger partial charge in [-0.05, 0) is 30.3 Å². The third-order valence-electron chi connectivity index (χ3n) is 6.05. The van der Waals surface area contributed by atoms with E-state index in [1.54, 1.807) is 22.8 Å². The third-order valence-corrected chi connectivity index (χ3v) is 7.05. The Kier molecular flexibility index (Phi) is 6.75. The average Bonchev–Trinajstić information content (AvgIpc) is 3.52. The molecule has 0 radical (unpaired) electrons. The van der Waals surface area contributed by atoms with Gasteiger partial charge in [0.2, 0.25) is 12.7 Å². The predicted molar refractivity (Wildman–Crippen MR) is 131 cm³/mol. The van der Waals surface area contributed by atoms with Crippen LogP contribution in [-0.4, -0.2) is 70.2 Å². The van der Waals surface area contributed by atoms with Crippen molar-refractivity contribution in [3.8, 4) is 11.5 Å². The molecule has 3 heterocycles. The van der Waals surface area contributed by atoms with E-state index in [2.05, 4.69) is 32.5 Å². The number of nitrogens with one attached hydrogen (secondary N) is 1. The van der Waals surface area contributed by atoms with Gasteiger partial charge in [0.1, 0.15) is 0 Å².